The number of halogens is 1. The first-order chi connectivity index (χ1) is 13.0. The van der Waals surface area contributed by atoms with Gasteiger partial charge in [-0.2, -0.15) is 0 Å². The molecule has 7 heteroatoms. The third kappa shape index (κ3) is 4.25. The van der Waals surface area contributed by atoms with E-state index in [4.69, 9.17) is 0 Å². The van der Waals surface area contributed by atoms with Crippen LogP contribution in [-0.4, -0.2) is 39.2 Å². The number of carbonyl (C=O) groups excluding carboxylic acids is 1. The maximum atomic E-state index is 13.2. The lowest BCUT2D eigenvalue weighted by Gasteiger charge is -2.19. The van der Waals surface area contributed by atoms with E-state index in [1.54, 1.807) is 15.5 Å². The zero-order valence-electron chi connectivity index (χ0n) is 15.2. The molecule has 0 aliphatic heterocycles. The number of carbonyl (C=O) groups is 1. The molecule has 3 rings (SSSR count). The van der Waals surface area contributed by atoms with Gasteiger partial charge in [-0.3, -0.25) is 14.2 Å². The monoisotopic (exact) mass is 445 g/mol. The summed E-state index contributed by atoms with van der Waals surface area (Å²) in [6, 6.07) is 14.8. The number of amides is 1. The van der Waals surface area contributed by atoms with Crippen LogP contribution in [0.3, 0.4) is 0 Å². The van der Waals surface area contributed by atoms with E-state index in [0.29, 0.717) is 29.1 Å². The number of fused-ring (bicyclic) bond motifs is 1. The van der Waals surface area contributed by atoms with Crippen LogP contribution >= 0.6 is 27.7 Å². The number of aromatic nitrogens is 2. The molecule has 0 bridgehead atoms. The summed E-state index contributed by atoms with van der Waals surface area (Å²) < 4.78 is 2.40. The fourth-order valence-electron chi connectivity index (χ4n) is 2.83. The smallest absolute Gasteiger partial charge is 0.266 e. The average Bonchev–Trinajstić information content (AvgIpc) is 2.68. The van der Waals surface area contributed by atoms with Crippen LogP contribution in [0.25, 0.3) is 16.6 Å². The van der Waals surface area contributed by atoms with Gasteiger partial charge in [-0.1, -0.05) is 45.9 Å². The van der Waals surface area contributed by atoms with Gasteiger partial charge in [0.1, 0.15) is 0 Å². The Morgan fingerprint density at radius 2 is 1.85 bits per heavy atom. The van der Waals surface area contributed by atoms with Gasteiger partial charge in [-0.25, -0.2) is 4.98 Å². The summed E-state index contributed by atoms with van der Waals surface area (Å²) >= 11 is 4.71. The molecule has 5 nitrogen and oxygen atoms in total. The van der Waals surface area contributed by atoms with Crippen LogP contribution in [0.4, 0.5) is 0 Å². The minimum absolute atomic E-state index is 0.0368. The number of thioether (sulfide) groups is 1. The molecule has 0 spiro atoms. The van der Waals surface area contributed by atoms with Crippen molar-refractivity contribution < 1.29 is 4.79 Å². The number of benzene rings is 2. The SMILES string of the molecule is CCN(CC)C(=O)CSc1nc2ccc(Br)cc2c(=O)n1-c1ccccc1. The molecule has 0 radical (unpaired) electrons. The summed E-state index contributed by atoms with van der Waals surface area (Å²) in [4.78, 5) is 32.0. The molecule has 27 heavy (non-hydrogen) atoms. The molecule has 0 saturated carbocycles. The highest BCUT2D eigenvalue weighted by atomic mass is 79.9. The lowest BCUT2D eigenvalue weighted by atomic mass is 10.2. The second-order valence-corrected chi connectivity index (χ2v) is 7.74. The number of rotatable bonds is 6. The van der Waals surface area contributed by atoms with Gasteiger partial charge in [0.25, 0.3) is 5.56 Å². The quantitative estimate of drug-likeness (QED) is 0.423. The third-order valence-corrected chi connectivity index (χ3v) is 5.67. The van der Waals surface area contributed by atoms with Crippen LogP contribution in [0.5, 0.6) is 0 Å². The normalized spacial score (nSPS) is 10.9. The van der Waals surface area contributed by atoms with Gasteiger partial charge in [0.05, 0.1) is 22.3 Å². The molecule has 0 fully saturated rings. The molecule has 0 aliphatic carbocycles. The lowest BCUT2D eigenvalue weighted by Crippen LogP contribution is -2.32. The predicted molar refractivity (Wildman–Crippen MR) is 114 cm³/mol. The first-order valence-electron chi connectivity index (χ1n) is 8.73. The van der Waals surface area contributed by atoms with Crippen LogP contribution in [-0.2, 0) is 4.79 Å². The molecule has 0 N–H and O–H groups in total. The van der Waals surface area contributed by atoms with Gasteiger partial charge < -0.3 is 4.90 Å². The Hall–Kier alpha value is -2.12. The number of hydrogen-bond acceptors (Lipinski definition) is 4. The third-order valence-electron chi connectivity index (χ3n) is 4.25. The zero-order valence-corrected chi connectivity index (χ0v) is 17.6. The van der Waals surface area contributed by atoms with E-state index in [9.17, 15) is 9.59 Å². The van der Waals surface area contributed by atoms with E-state index in [1.165, 1.54) is 11.8 Å². The predicted octanol–water partition coefficient (Wildman–Crippen LogP) is 4.11. The minimum Gasteiger partial charge on any atom is -0.343 e. The molecule has 0 unspecified atom stereocenters. The van der Waals surface area contributed by atoms with E-state index >= 15 is 0 Å². The van der Waals surface area contributed by atoms with Crippen LogP contribution in [0.2, 0.25) is 0 Å². The maximum absolute atomic E-state index is 13.2. The van der Waals surface area contributed by atoms with Crippen LogP contribution < -0.4 is 5.56 Å². The Bertz CT molecular complexity index is 1020. The van der Waals surface area contributed by atoms with Gasteiger partial charge >= 0.3 is 0 Å². The maximum Gasteiger partial charge on any atom is 0.266 e. The van der Waals surface area contributed by atoms with Gasteiger partial charge in [0.15, 0.2) is 5.16 Å². The molecular formula is C20H20BrN3O2S. The standard InChI is InChI=1S/C20H20BrN3O2S/c1-3-23(4-2)18(25)13-27-20-22-17-11-10-14(21)12-16(17)19(26)24(20)15-8-6-5-7-9-15/h5-12H,3-4,13H2,1-2H3. The molecule has 0 saturated heterocycles. The highest BCUT2D eigenvalue weighted by Crippen LogP contribution is 2.23. The van der Waals surface area contributed by atoms with E-state index < -0.39 is 0 Å². The summed E-state index contributed by atoms with van der Waals surface area (Å²) in [5, 5.41) is 1.05. The minimum atomic E-state index is -0.148. The lowest BCUT2D eigenvalue weighted by molar-refractivity contribution is -0.127. The van der Waals surface area contributed by atoms with Crippen molar-refractivity contribution >= 4 is 44.5 Å². The Morgan fingerprint density at radius 1 is 1.15 bits per heavy atom. The molecule has 0 aliphatic rings. The van der Waals surface area contributed by atoms with Crippen molar-refractivity contribution in [3.8, 4) is 5.69 Å². The molecular weight excluding hydrogens is 426 g/mol. The number of hydrogen-bond donors (Lipinski definition) is 0. The highest BCUT2D eigenvalue weighted by Gasteiger charge is 2.16. The Balaban J connectivity index is 2.09. The van der Waals surface area contributed by atoms with Crippen LogP contribution in [0.1, 0.15) is 13.8 Å². The number of para-hydroxylation sites is 1. The molecule has 2 aromatic carbocycles. The first-order valence-corrected chi connectivity index (χ1v) is 10.5. The van der Waals surface area contributed by atoms with Crippen molar-refractivity contribution in [2.45, 2.75) is 19.0 Å². The van der Waals surface area contributed by atoms with Crippen LogP contribution in [0.15, 0.2) is 63.0 Å². The molecule has 0 atom stereocenters. The molecule has 1 amide bonds. The van der Waals surface area contributed by atoms with Gasteiger partial charge in [-0.05, 0) is 44.2 Å². The summed E-state index contributed by atoms with van der Waals surface area (Å²) in [5.74, 6) is 0.276. The summed E-state index contributed by atoms with van der Waals surface area (Å²) in [5.41, 5.74) is 1.20. The second-order valence-electron chi connectivity index (χ2n) is 5.89. The van der Waals surface area contributed by atoms with Crippen molar-refractivity contribution in [2.75, 3.05) is 18.8 Å². The average molecular weight is 446 g/mol. The Kier molecular flexibility index (Phi) is 6.34. The van der Waals surface area contributed by atoms with Crippen molar-refractivity contribution in [1.29, 1.82) is 0 Å². The van der Waals surface area contributed by atoms with Gasteiger partial charge in [-0.15, -0.1) is 0 Å². The van der Waals surface area contributed by atoms with Gasteiger partial charge in [0.2, 0.25) is 5.91 Å². The van der Waals surface area contributed by atoms with Gasteiger partial charge in [0, 0.05) is 17.6 Å². The molecule has 3 aromatic rings. The fraction of sp³-hybridized carbons (Fsp3) is 0.250. The van der Waals surface area contributed by atoms with E-state index in [0.717, 1.165) is 10.2 Å². The second kappa shape index (κ2) is 8.71. The Labute approximate surface area is 170 Å². The Morgan fingerprint density at radius 3 is 2.52 bits per heavy atom. The fourth-order valence-corrected chi connectivity index (χ4v) is 4.11. The van der Waals surface area contributed by atoms with Crippen molar-refractivity contribution in [1.82, 2.24) is 14.5 Å². The van der Waals surface area contributed by atoms with Crippen molar-refractivity contribution in [2.24, 2.45) is 0 Å². The molecule has 140 valence electrons. The number of nitrogens with zero attached hydrogens (tertiary/aromatic N) is 3. The van der Waals surface area contributed by atoms with E-state index in [-0.39, 0.29) is 17.2 Å². The summed E-state index contributed by atoms with van der Waals surface area (Å²) in [6.45, 7) is 5.25. The van der Waals surface area contributed by atoms with E-state index in [1.807, 2.05) is 56.3 Å². The highest BCUT2D eigenvalue weighted by molar-refractivity contribution is 9.10. The van der Waals surface area contributed by atoms with E-state index in [2.05, 4.69) is 20.9 Å². The summed E-state index contributed by atoms with van der Waals surface area (Å²) in [7, 11) is 0. The van der Waals surface area contributed by atoms with Crippen LogP contribution in [0, 0.1) is 0 Å². The summed E-state index contributed by atoms with van der Waals surface area (Å²) in [6.07, 6.45) is 0. The van der Waals surface area contributed by atoms with Crippen molar-refractivity contribution in [3.05, 3.63) is 63.4 Å². The topological polar surface area (TPSA) is 55.2 Å². The zero-order chi connectivity index (χ0) is 19.4. The first kappa shape index (κ1) is 19.6. The molecule has 1 aromatic heterocycles. The largest absolute Gasteiger partial charge is 0.343 e. The molecule has 1 heterocycles. The van der Waals surface area contributed by atoms with Crippen molar-refractivity contribution in [3.63, 3.8) is 0 Å².